The molecule has 1 aliphatic rings. The quantitative estimate of drug-likeness (QED) is 0.649. The number of rotatable bonds is 5. The van der Waals surface area contributed by atoms with E-state index in [1.54, 1.807) is 23.2 Å². The number of anilines is 2. The maximum Gasteiger partial charge on any atom is 0.347 e. The summed E-state index contributed by atoms with van der Waals surface area (Å²) in [7, 11) is 0. The summed E-state index contributed by atoms with van der Waals surface area (Å²) in [6, 6.07) is 18.1. The minimum Gasteiger partial charge on any atom is -0.326 e. The molecule has 1 fully saturated rings. The van der Waals surface area contributed by atoms with Crippen molar-refractivity contribution in [1.82, 2.24) is 14.5 Å². The van der Waals surface area contributed by atoms with E-state index in [4.69, 9.17) is 0 Å². The number of nitrogens with zero attached hydrogens (tertiary/aromatic N) is 3. The van der Waals surface area contributed by atoms with Crippen LogP contribution in [0.15, 0.2) is 77.9 Å². The molecular formula is C24H25N5O3. The van der Waals surface area contributed by atoms with E-state index in [-0.39, 0.29) is 23.5 Å². The molecule has 0 aliphatic carbocycles. The number of carbonyl (C=O) groups excluding carboxylic acids is 2. The van der Waals surface area contributed by atoms with Gasteiger partial charge in [-0.1, -0.05) is 30.3 Å². The van der Waals surface area contributed by atoms with Crippen LogP contribution in [0.2, 0.25) is 0 Å². The van der Waals surface area contributed by atoms with Gasteiger partial charge in [0.15, 0.2) is 0 Å². The highest BCUT2D eigenvalue weighted by atomic mass is 16.2. The second-order valence-electron chi connectivity index (χ2n) is 7.80. The van der Waals surface area contributed by atoms with E-state index in [0.717, 1.165) is 24.1 Å². The number of benzene rings is 2. The van der Waals surface area contributed by atoms with Gasteiger partial charge in [-0.15, -0.1) is 0 Å². The van der Waals surface area contributed by atoms with Gasteiger partial charge in [-0.3, -0.25) is 9.36 Å². The zero-order chi connectivity index (χ0) is 22.3. The summed E-state index contributed by atoms with van der Waals surface area (Å²) in [5.41, 5.74) is 1.94. The molecule has 0 saturated carbocycles. The fourth-order valence-corrected chi connectivity index (χ4v) is 3.80. The number of urea groups is 1. The molecule has 0 radical (unpaired) electrons. The van der Waals surface area contributed by atoms with Crippen LogP contribution < -0.4 is 16.3 Å². The van der Waals surface area contributed by atoms with Crippen molar-refractivity contribution < 1.29 is 9.59 Å². The van der Waals surface area contributed by atoms with Crippen molar-refractivity contribution in [2.24, 2.45) is 5.92 Å². The number of nitrogens with one attached hydrogen (secondary N) is 2. The molecule has 1 saturated heterocycles. The number of amides is 3. The van der Waals surface area contributed by atoms with E-state index in [9.17, 15) is 14.4 Å². The summed E-state index contributed by atoms with van der Waals surface area (Å²) in [6.07, 6.45) is 4.65. The lowest BCUT2D eigenvalue weighted by atomic mass is 9.97. The molecule has 4 rings (SSSR count). The predicted octanol–water partition coefficient (Wildman–Crippen LogP) is 3.17. The van der Waals surface area contributed by atoms with E-state index >= 15 is 0 Å². The van der Waals surface area contributed by atoms with Gasteiger partial charge in [-0.25, -0.2) is 14.6 Å². The zero-order valence-corrected chi connectivity index (χ0v) is 17.6. The first-order chi connectivity index (χ1) is 15.6. The van der Waals surface area contributed by atoms with Gasteiger partial charge in [0.25, 0.3) is 0 Å². The van der Waals surface area contributed by atoms with Crippen molar-refractivity contribution in [2.45, 2.75) is 19.4 Å². The molecule has 1 atom stereocenters. The Kier molecular flexibility index (Phi) is 6.60. The van der Waals surface area contributed by atoms with Gasteiger partial charge >= 0.3 is 11.7 Å². The van der Waals surface area contributed by atoms with E-state index in [0.29, 0.717) is 25.3 Å². The van der Waals surface area contributed by atoms with Crippen molar-refractivity contribution in [3.8, 4) is 0 Å². The lowest BCUT2D eigenvalue weighted by molar-refractivity contribution is -0.121. The van der Waals surface area contributed by atoms with Crippen LogP contribution in [-0.4, -0.2) is 39.5 Å². The van der Waals surface area contributed by atoms with Crippen LogP contribution in [0.3, 0.4) is 0 Å². The van der Waals surface area contributed by atoms with Gasteiger partial charge in [-0.2, -0.15) is 0 Å². The molecule has 8 nitrogen and oxygen atoms in total. The third kappa shape index (κ3) is 5.40. The minimum absolute atomic E-state index is 0.0717. The summed E-state index contributed by atoms with van der Waals surface area (Å²) in [6.45, 7) is 1.34. The molecule has 1 aliphatic heterocycles. The van der Waals surface area contributed by atoms with Gasteiger partial charge < -0.3 is 15.5 Å². The van der Waals surface area contributed by atoms with Crippen molar-refractivity contribution in [2.75, 3.05) is 23.7 Å². The van der Waals surface area contributed by atoms with E-state index in [1.165, 1.54) is 10.8 Å². The average molecular weight is 431 g/mol. The summed E-state index contributed by atoms with van der Waals surface area (Å²) in [5, 5.41) is 5.84. The first-order valence-corrected chi connectivity index (χ1v) is 10.6. The number of carbonyl (C=O) groups is 2. The maximum absolute atomic E-state index is 12.8. The lowest BCUT2D eigenvalue weighted by Crippen LogP contribution is -2.45. The minimum atomic E-state index is -0.324. The Hall–Kier alpha value is -3.94. The summed E-state index contributed by atoms with van der Waals surface area (Å²) < 4.78 is 1.50. The first-order valence-electron chi connectivity index (χ1n) is 10.6. The Bertz CT molecular complexity index is 1150. The van der Waals surface area contributed by atoms with Crippen LogP contribution in [0.4, 0.5) is 16.2 Å². The molecule has 0 spiro atoms. The average Bonchev–Trinajstić information content (AvgIpc) is 2.81. The van der Waals surface area contributed by atoms with Gasteiger partial charge in [0.05, 0.1) is 12.5 Å². The van der Waals surface area contributed by atoms with E-state index in [1.807, 2.05) is 48.5 Å². The zero-order valence-electron chi connectivity index (χ0n) is 17.6. The molecule has 2 aromatic carbocycles. The molecule has 2 N–H and O–H groups in total. The molecule has 3 amide bonds. The van der Waals surface area contributed by atoms with Crippen LogP contribution in [0, 0.1) is 5.92 Å². The second-order valence-corrected chi connectivity index (χ2v) is 7.80. The summed E-state index contributed by atoms with van der Waals surface area (Å²) >= 11 is 0. The lowest BCUT2D eigenvalue weighted by Gasteiger charge is -2.32. The Balaban J connectivity index is 1.36. The standard InChI is InChI=1S/C24H25N5O3/c30-22(26-20-9-2-1-3-10-20)19-8-5-13-29(17-19)24(32)27-21-11-4-7-18(15-21)16-28-14-6-12-25-23(28)31/h1-4,6-7,9-12,14-15,19H,5,8,13,16-17H2,(H,26,30)(H,27,32)/t19-/m1/s1. The van der Waals surface area contributed by atoms with Gasteiger partial charge in [0.2, 0.25) is 5.91 Å². The molecular weight excluding hydrogens is 406 g/mol. The molecule has 32 heavy (non-hydrogen) atoms. The highest BCUT2D eigenvalue weighted by molar-refractivity contribution is 5.94. The number of piperidine rings is 1. The number of aromatic nitrogens is 2. The smallest absolute Gasteiger partial charge is 0.326 e. The molecule has 0 unspecified atom stereocenters. The number of hydrogen-bond donors (Lipinski definition) is 2. The highest BCUT2D eigenvalue weighted by Gasteiger charge is 2.28. The number of hydrogen-bond acceptors (Lipinski definition) is 4. The summed E-state index contributed by atoms with van der Waals surface area (Å²) in [5.74, 6) is -0.323. The van der Waals surface area contributed by atoms with Crippen molar-refractivity contribution in [3.63, 3.8) is 0 Å². The van der Waals surface area contributed by atoms with Crippen molar-refractivity contribution in [3.05, 3.63) is 89.1 Å². The van der Waals surface area contributed by atoms with E-state index in [2.05, 4.69) is 15.6 Å². The van der Waals surface area contributed by atoms with Gasteiger partial charge in [-0.05, 0) is 48.7 Å². The van der Waals surface area contributed by atoms with Crippen LogP contribution in [-0.2, 0) is 11.3 Å². The summed E-state index contributed by atoms with van der Waals surface area (Å²) in [4.78, 5) is 42.7. The Morgan fingerprint density at radius 1 is 1.00 bits per heavy atom. The van der Waals surface area contributed by atoms with Crippen LogP contribution in [0.5, 0.6) is 0 Å². The SMILES string of the molecule is O=C(Nc1ccccc1)[C@@H]1CCCN(C(=O)Nc2cccc(Cn3cccnc3=O)c2)C1. The largest absolute Gasteiger partial charge is 0.347 e. The number of para-hydroxylation sites is 1. The Morgan fingerprint density at radius 3 is 2.62 bits per heavy atom. The molecule has 3 aromatic rings. The molecule has 1 aromatic heterocycles. The Labute approximate surface area is 185 Å². The number of likely N-dealkylation sites (tertiary alicyclic amines) is 1. The van der Waals surface area contributed by atoms with Crippen LogP contribution >= 0.6 is 0 Å². The van der Waals surface area contributed by atoms with Crippen molar-refractivity contribution >= 4 is 23.3 Å². The fraction of sp³-hybridized carbons (Fsp3) is 0.250. The fourth-order valence-electron chi connectivity index (χ4n) is 3.80. The predicted molar refractivity (Wildman–Crippen MR) is 122 cm³/mol. The first kappa shape index (κ1) is 21.3. The maximum atomic E-state index is 12.8. The third-order valence-electron chi connectivity index (χ3n) is 5.43. The molecule has 0 bridgehead atoms. The van der Waals surface area contributed by atoms with Crippen LogP contribution in [0.25, 0.3) is 0 Å². The normalized spacial score (nSPS) is 15.8. The molecule has 164 valence electrons. The molecule has 2 heterocycles. The second kappa shape index (κ2) is 9.91. The van der Waals surface area contributed by atoms with Gasteiger partial charge in [0.1, 0.15) is 0 Å². The third-order valence-corrected chi connectivity index (χ3v) is 5.43. The van der Waals surface area contributed by atoms with Crippen LogP contribution in [0.1, 0.15) is 18.4 Å². The topological polar surface area (TPSA) is 96.3 Å². The monoisotopic (exact) mass is 431 g/mol. The van der Waals surface area contributed by atoms with Crippen molar-refractivity contribution in [1.29, 1.82) is 0 Å². The van der Waals surface area contributed by atoms with Gasteiger partial charge in [0, 0.05) is 36.9 Å². The Morgan fingerprint density at radius 2 is 1.81 bits per heavy atom. The molecule has 8 heteroatoms. The van der Waals surface area contributed by atoms with E-state index < -0.39 is 0 Å². The highest BCUT2D eigenvalue weighted by Crippen LogP contribution is 2.20.